The Hall–Kier alpha value is -3.53. The van der Waals surface area contributed by atoms with Crippen molar-refractivity contribution in [3.8, 4) is 11.5 Å². The number of aromatic nitrogens is 2. The van der Waals surface area contributed by atoms with Crippen LogP contribution in [-0.4, -0.2) is 43.2 Å². The molecule has 0 aliphatic heterocycles. The van der Waals surface area contributed by atoms with Gasteiger partial charge in [0.15, 0.2) is 0 Å². The van der Waals surface area contributed by atoms with Crippen molar-refractivity contribution in [1.82, 2.24) is 15.3 Å². The Morgan fingerprint density at radius 1 is 1.16 bits per heavy atom. The molecule has 0 aliphatic carbocycles. The molecule has 0 bridgehead atoms. The largest absolute Gasteiger partial charge is 0.495 e. The van der Waals surface area contributed by atoms with Crippen molar-refractivity contribution in [3.63, 3.8) is 0 Å². The number of methoxy groups -OCH3 is 1. The fourth-order valence-corrected chi connectivity index (χ4v) is 3.49. The Kier molecular flexibility index (Phi) is 7.72. The lowest BCUT2D eigenvalue weighted by atomic mass is 10.1. The third-order valence-corrected chi connectivity index (χ3v) is 5.46. The number of nitrogens with one attached hydrogen (secondary N) is 2. The zero-order valence-corrected chi connectivity index (χ0v) is 19.4. The second-order valence-corrected chi connectivity index (χ2v) is 7.65. The van der Waals surface area contributed by atoms with Crippen LogP contribution in [0.15, 0.2) is 47.1 Å². The summed E-state index contributed by atoms with van der Waals surface area (Å²) in [7, 11) is 3.40. The molecule has 0 atom stereocenters. The highest BCUT2D eigenvalue weighted by molar-refractivity contribution is 9.10. The van der Waals surface area contributed by atoms with E-state index in [0.717, 1.165) is 16.8 Å². The number of hydrogen-bond donors (Lipinski definition) is 4. The van der Waals surface area contributed by atoms with Crippen molar-refractivity contribution in [2.45, 2.75) is 6.42 Å². The summed E-state index contributed by atoms with van der Waals surface area (Å²) in [4.78, 5) is 20.3. The van der Waals surface area contributed by atoms with E-state index in [4.69, 9.17) is 20.9 Å². The van der Waals surface area contributed by atoms with Crippen LogP contribution in [0.2, 0.25) is 0 Å². The van der Waals surface area contributed by atoms with E-state index in [9.17, 15) is 4.79 Å². The van der Waals surface area contributed by atoms with Gasteiger partial charge in [-0.2, -0.15) is 4.98 Å². The third-order valence-electron chi connectivity index (χ3n) is 4.68. The Labute approximate surface area is 194 Å². The van der Waals surface area contributed by atoms with Gasteiger partial charge in [0.1, 0.15) is 28.4 Å². The number of amides is 1. The van der Waals surface area contributed by atoms with E-state index in [-0.39, 0.29) is 18.5 Å². The molecule has 3 aromatic rings. The van der Waals surface area contributed by atoms with Gasteiger partial charge in [-0.3, -0.25) is 4.79 Å². The lowest BCUT2D eigenvalue weighted by molar-refractivity contribution is 0.0947. The highest BCUT2D eigenvalue weighted by atomic mass is 79.9. The lowest BCUT2D eigenvalue weighted by Gasteiger charge is -2.14. The Bertz CT molecular complexity index is 1090. The molecule has 168 valence electrons. The molecule has 0 unspecified atom stereocenters. The van der Waals surface area contributed by atoms with Gasteiger partial charge in [0.05, 0.1) is 13.7 Å². The first-order valence-electron chi connectivity index (χ1n) is 9.83. The molecule has 0 saturated heterocycles. The quantitative estimate of drug-likeness (QED) is 0.329. The predicted molar refractivity (Wildman–Crippen MR) is 128 cm³/mol. The summed E-state index contributed by atoms with van der Waals surface area (Å²) in [5, 5.41) is 5.86. The molecule has 32 heavy (non-hydrogen) atoms. The van der Waals surface area contributed by atoms with Crippen molar-refractivity contribution in [3.05, 3.63) is 63.8 Å². The molecule has 1 amide bonds. The molecule has 2 aromatic carbocycles. The average molecular weight is 501 g/mol. The molecule has 1 aromatic heterocycles. The predicted octanol–water partition coefficient (Wildman–Crippen LogP) is 2.85. The topological polar surface area (TPSA) is 137 Å². The van der Waals surface area contributed by atoms with E-state index in [1.54, 1.807) is 25.4 Å². The summed E-state index contributed by atoms with van der Waals surface area (Å²) < 4.78 is 12.0. The minimum atomic E-state index is -0.166. The minimum absolute atomic E-state index is 0.128. The molecule has 10 heteroatoms. The second kappa shape index (κ2) is 10.7. The maximum atomic E-state index is 12.3. The normalized spacial score (nSPS) is 10.5. The maximum Gasteiger partial charge on any atom is 0.251 e. The molecule has 3 rings (SSSR count). The van der Waals surface area contributed by atoms with Gasteiger partial charge in [0.2, 0.25) is 5.95 Å². The molecule has 0 saturated carbocycles. The number of halogens is 1. The Morgan fingerprint density at radius 2 is 1.88 bits per heavy atom. The Balaban J connectivity index is 1.63. The summed E-state index contributed by atoms with van der Waals surface area (Å²) in [5.41, 5.74) is 14.7. The average Bonchev–Trinajstić information content (AvgIpc) is 2.80. The van der Waals surface area contributed by atoms with E-state index in [1.807, 2.05) is 31.3 Å². The second-order valence-electron chi connectivity index (χ2n) is 6.86. The van der Waals surface area contributed by atoms with E-state index in [1.165, 1.54) is 0 Å². The summed E-state index contributed by atoms with van der Waals surface area (Å²) in [6, 6.07) is 11.0. The number of anilines is 3. The third kappa shape index (κ3) is 5.79. The van der Waals surface area contributed by atoms with Crippen LogP contribution >= 0.6 is 15.9 Å². The van der Waals surface area contributed by atoms with Crippen LogP contribution in [-0.2, 0) is 6.42 Å². The van der Waals surface area contributed by atoms with Gasteiger partial charge in [-0.05, 0) is 57.9 Å². The van der Waals surface area contributed by atoms with Crippen molar-refractivity contribution < 1.29 is 14.3 Å². The van der Waals surface area contributed by atoms with Gasteiger partial charge < -0.3 is 31.6 Å². The maximum absolute atomic E-state index is 12.3. The van der Waals surface area contributed by atoms with Crippen molar-refractivity contribution in [1.29, 1.82) is 0 Å². The lowest BCUT2D eigenvalue weighted by Crippen LogP contribution is -2.28. The van der Waals surface area contributed by atoms with Crippen molar-refractivity contribution >= 4 is 39.3 Å². The minimum Gasteiger partial charge on any atom is -0.495 e. The van der Waals surface area contributed by atoms with Crippen LogP contribution < -0.4 is 31.6 Å². The van der Waals surface area contributed by atoms with Gasteiger partial charge in [0, 0.05) is 36.5 Å². The molecule has 0 aliphatic rings. The zero-order valence-electron chi connectivity index (χ0n) is 17.8. The summed E-state index contributed by atoms with van der Waals surface area (Å²) >= 11 is 3.51. The number of nitrogen functional groups attached to an aromatic ring is 2. The van der Waals surface area contributed by atoms with E-state index in [2.05, 4.69) is 36.5 Å². The van der Waals surface area contributed by atoms with Gasteiger partial charge in [-0.25, -0.2) is 4.98 Å². The molecular weight excluding hydrogens is 476 g/mol. The SMILES string of the molecule is CNc1ccc(C(=O)NCCOc2cc(Cc3cnc(N)nc3N)cc(OC)c2Br)cc1. The Morgan fingerprint density at radius 3 is 2.53 bits per heavy atom. The van der Waals surface area contributed by atoms with Gasteiger partial charge in [-0.15, -0.1) is 0 Å². The number of hydrogen-bond acceptors (Lipinski definition) is 8. The molecule has 0 spiro atoms. The van der Waals surface area contributed by atoms with Crippen LogP contribution in [0.25, 0.3) is 0 Å². The first-order valence-corrected chi connectivity index (χ1v) is 10.6. The van der Waals surface area contributed by atoms with Crippen LogP contribution in [0.3, 0.4) is 0 Å². The fourth-order valence-electron chi connectivity index (χ4n) is 2.99. The van der Waals surface area contributed by atoms with Crippen molar-refractivity contribution in [2.24, 2.45) is 0 Å². The number of carbonyl (C=O) groups excluding carboxylic acids is 1. The number of ether oxygens (including phenoxy) is 2. The standard InChI is InChI=1S/C22H25BrN6O3/c1-26-16-5-3-14(4-6-16)21(30)27-7-8-32-18-11-13(10-17(31-2)19(18)23)9-15-12-28-22(25)29-20(15)24/h3-6,10-12,26H,7-9H2,1-2H3,(H,27,30)(H4,24,25,28,29). The highest BCUT2D eigenvalue weighted by Gasteiger charge is 2.13. The number of benzene rings is 2. The number of carbonyl (C=O) groups is 1. The molecular formula is C22H25BrN6O3. The smallest absolute Gasteiger partial charge is 0.251 e. The number of nitrogens with zero attached hydrogens (tertiary/aromatic N) is 2. The molecule has 6 N–H and O–H groups in total. The number of rotatable bonds is 9. The van der Waals surface area contributed by atoms with Gasteiger partial charge in [-0.1, -0.05) is 0 Å². The van der Waals surface area contributed by atoms with E-state index >= 15 is 0 Å². The van der Waals surface area contributed by atoms with Crippen molar-refractivity contribution in [2.75, 3.05) is 44.1 Å². The van der Waals surface area contributed by atoms with E-state index < -0.39 is 0 Å². The molecule has 0 radical (unpaired) electrons. The summed E-state index contributed by atoms with van der Waals surface area (Å²) in [6.07, 6.45) is 2.08. The van der Waals surface area contributed by atoms with Crippen LogP contribution in [0.5, 0.6) is 11.5 Å². The van der Waals surface area contributed by atoms with Crippen LogP contribution in [0, 0.1) is 0 Å². The highest BCUT2D eigenvalue weighted by Crippen LogP contribution is 2.36. The number of nitrogens with two attached hydrogens (primary N) is 2. The molecule has 9 nitrogen and oxygen atoms in total. The zero-order chi connectivity index (χ0) is 23.1. The molecule has 0 fully saturated rings. The first-order chi connectivity index (χ1) is 15.4. The van der Waals surface area contributed by atoms with Crippen LogP contribution in [0.1, 0.15) is 21.5 Å². The fraction of sp³-hybridized carbons (Fsp3) is 0.227. The van der Waals surface area contributed by atoms with Crippen LogP contribution in [0.4, 0.5) is 17.5 Å². The summed E-state index contributed by atoms with van der Waals surface area (Å²) in [6.45, 7) is 0.614. The first kappa shape index (κ1) is 23.1. The summed E-state index contributed by atoms with van der Waals surface area (Å²) in [5.74, 6) is 1.49. The van der Waals surface area contributed by atoms with Gasteiger partial charge >= 0.3 is 0 Å². The monoisotopic (exact) mass is 500 g/mol. The molecule has 1 heterocycles. The van der Waals surface area contributed by atoms with Gasteiger partial charge in [0.25, 0.3) is 5.91 Å². The van der Waals surface area contributed by atoms with E-state index in [0.29, 0.717) is 40.3 Å².